The summed E-state index contributed by atoms with van der Waals surface area (Å²) in [6.45, 7) is 6.54. The highest BCUT2D eigenvalue weighted by atomic mass is 35.5. The zero-order chi connectivity index (χ0) is 31.0. The molecule has 0 amide bonds. The molecule has 1 saturated carbocycles. The first kappa shape index (κ1) is 37.1. The van der Waals surface area contributed by atoms with Crippen LogP contribution in [0.15, 0.2) is 53.6 Å². The molecule has 2 aliphatic carbocycles. The minimum atomic E-state index is -1.07. The van der Waals surface area contributed by atoms with Crippen molar-refractivity contribution in [2.45, 2.75) is 70.0 Å². The molecule has 41 heavy (non-hydrogen) atoms. The van der Waals surface area contributed by atoms with Crippen LogP contribution in [-0.2, 0) is 11.3 Å². The highest BCUT2D eigenvalue weighted by molar-refractivity contribution is 8.01. The first-order valence-corrected chi connectivity index (χ1v) is 15.2. The molecule has 10 heteroatoms. The van der Waals surface area contributed by atoms with Gasteiger partial charge in [0, 0.05) is 25.2 Å². The van der Waals surface area contributed by atoms with Gasteiger partial charge in [-0.1, -0.05) is 49.7 Å². The van der Waals surface area contributed by atoms with Gasteiger partial charge in [-0.15, -0.1) is 0 Å². The predicted molar refractivity (Wildman–Crippen MR) is 169 cm³/mol. The third-order valence-corrected chi connectivity index (χ3v) is 8.65. The number of anilines is 1. The van der Waals surface area contributed by atoms with Gasteiger partial charge >= 0.3 is 0 Å². The number of methoxy groups -OCH3 is 2. The molecule has 1 fully saturated rings. The maximum Gasteiger partial charge on any atom is 0.214 e. The number of pyridine rings is 1. The maximum absolute atomic E-state index is 15.5. The van der Waals surface area contributed by atoms with Crippen LogP contribution in [-0.4, -0.2) is 62.5 Å². The summed E-state index contributed by atoms with van der Waals surface area (Å²) >= 11 is 8.04. The second-order valence-electron chi connectivity index (χ2n) is 9.84. The number of alkyl halides is 1. The van der Waals surface area contributed by atoms with Gasteiger partial charge in [-0.25, -0.2) is 9.37 Å². The van der Waals surface area contributed by atoms with E-state index < -0.39 is 17.4 Å². The Balaban J connectivity index is 0.00000110. The first-order valence-electron chi connectivity index (χ1n) is 14.0. The number of benzene rings is 1. The molecule has 6 nitrogen and oxygen atoms in total. The van der Waals surface area contributed by atoms with Crippen LogP contribution in [0.4, 0.5) is 14.6 Å². The molecular formula is C31H48ClF2N3O3S. The minimum absolute atomic E-state index is 0.00724. The van der Waals surface area contributed by atoms with Crippen LogP contribution < -0.4 is 14.4 Å². The fourth-order valence-corrected chi connectivity index (χ4v) is 6.57. The van der Waals surface area contributed by atoms with E-state index in [1.54, 1.807) is 26.4 Å². The molecule has 1 aromatic heterocycles. The van der Waals surface area contributed by atoms with E-state index in [2.05, 4.69) is 17.2 Å². The largest absolute Gasteiger partial charge is 0.497 e. The van der Waals surface area contributed by atoms with E-state index in [9.17, 15) is 4.39 Å². The summed E-state index contributed by atoms with van der Waals surface area (Å²) in [4.78, 5) is 4.04. The lowest BCUT2D eigenvalue weighted by atomic mass is 9.81. The zero-order valence-corrected chi connectivity index (χ0v) is 27.2. The van der Waals surface area contributed by atoms with Gasteiger partial charge in [0.05, 0.1) is 24.5 Å². The smallest absolute Gasteiger partial charge is 0.214 e. The Hall–Kier alpha value is -1.91. The summed E-state index contributed by atoms with van der Waals surface area (Å²) in [5, 5.41) is 9.98. The average molecular weight is 616 g/mol. The highest BCUT2D eigenvalue weighted by Crippen LogP contribution is 2.48. The number of nitrogens with zero attached hydrogens (tertiary/aromatic N) is 2. The van der Waals surface area contributed by atoms with Crippen molar-refractivity contribution in [2.24, 2.45) is 11.8 Å². The summed E-state index contributed by atoms with van der Waals surface area (Å²) < 4.78 is 42.2. The molecule has 1 aromatic carbocycles. The van der Waals surface area contributed by atoms with Gasteiger partial charge in [-0.2, -0.15) is 4.39 Å². The van der Waals surface area contributed by atoms with Crippen molar-refractivity contribution in [3.05, 3.63) is 65.1 Å². The Morgan fingerprint density at radius 3 is 2.32 bits per heavy atom. The van der Waals surface area contributed by atoms with Crippen LogP contribution >= 0.6 is 23.5 Å². The van der Waals surface area contributed by atoms with Crippen molar-refractivity contribution in [1.29, 1.82) is 0 Å². The molecule has 2 aliphatic rings. The number of ether oxygens (including phenoxy) is 2. The Morgan fingerprint density at radius 1 is 1.15 bits per heavy atom. The van der Waals surface area contributed by atoms with Gasteiger partial charge in [0.25, 0.3) is 0 Å². The zero-order valence-electron chi connectivity index (χ0n) is 25.7. The summed E-state index contributed by atoms with van der Waals surface area (Å²) in [6.07, 6.45) is 3.99. The van der Waals surface area contributed by atoms with Crippen molar-refractivity contribution in [2.75, 3.05) is 39.7 Å². The average Bonchev–Trinajstić information content (AvgIpc) is 3.39. The standard InChI is InChI=1S/C26H31ClF2N2O2S.C2H7N.C2H6.CH4O/c1-26(33-3)12-11-18(15-26)20-13-22(28)23(14-21(20)27)34-31(25-6-4-5-24(29)30-25)16-17-7-9-19(32-2)10-8-17;1-3-2;2*1-2/h4-10,14,18,20,22-23H,11-13,15-16H2,1-3H3;3H,1-2H3;1-2H3;2H,1H3/t18-,20?,22?,23?,26-;;;/m1.../s1. The van der Waals surface area contributed by atoms with Crippen LogP contribution in [0, 0.1) is 17.8 Å². The lowest BCUT2D eigenvalue weighted by molar-refractivity contribution is 0.00690. The number of aliphatic hydroxyl groups is 1. The fraction of sp³-hybridized carbons (Fsp3) is 0.581. The Labute approximate surface area is 255 Å². The van der Waals surface area contributed by atoms with Crippen LogP contribution in [0.1, 0.15) is 52.0 Å². The van der Waals surface area contributed by atoms with Crippen molar-refractivity contribution < 1.29 is 23.4 Å². The molecular weight excluding hydrogens is 568 g/mol. The van der Waals surface area contributed by atoms with Gasteiger partial charge in [0.2, 0.25) is 5.95 Å². The van der Waals surface area contributed by atoms with Gasteiger partial charge in [0.15, 0.2) is 0 Å². The second-order valence-corrected chi connectivity index (χ2v) is 11.5. The van der Waals surface area contributed by atoms with Gasteiger partial charge in [-0.05, 0) is 94.4 Å². The number of rotatable bonds is 8. The molecule has 0 bridgehead atoms. The van der Waals surface area contributed by atoms with Crippen molar-refractivity contribution >= 4 is 29.4 Å². The van der Waals surface area contributed by atoms with Gasteiger partial charge in [0.1, 0.15) is 17.7 Å². The van der Waals surface area contributed by atoms with E-state index in [1.807, 2.05) is 62.6 Å². The van der Waals surface area contributed by atoms with Crippen LogP contribution in [0.5, 0.6) is 5.75 Å². The molecule has 1 heterocycles. The summed E-state index contributed by atoms with van der Waals surface area (Å²) in [6, 6.07) is 12.2. The van der Waals surface area contributed by atoms with Crippen molar-refractivity contribution in [3.63, 3.8) is 0 Å². The Bertz CT molecular complexity index is 1030. The van der Waals surface area contributed by atoms with E-state index >= 15 is 4.39 Å². The SMILES string of the molecule is CC.CNC.CO.COc1ccc(CN(SC2C=C(Cl)C([C@@H]3CC[C@@](C)(OC)C3)CC2F)c2cccc(F)n2)cc1. The summed E-state index contributed by atoms with van der Waals surface area (Å²) in [5.74, 6) is 0.937. The minimum Gasteiger partial charge on any atom is -0.497 e. The van der Waals surface area contributed by atoms with E-state index in [-0.39, 0.29) is 11.5 Å². The fourth-order valence-electron chi connectivity index (χ4n) is 4.92. The number of aliphatic hydroxyl groups excluding tert-OH is 1. The highest BCUT2D eigenvalue weighted by Gasteiger charge is 2.43. The molecule has 232 valence electrons. The van der Waals surface area contributed by atoms with Crippen molar-refractivity contribution in [3.8, 4) is 5.75 Å². The molecule has 4 rings (SSSR count). The molecule has 0 radical (unpaired) electrons. The third-order valence-electron chi connectivity index (χ3n) is 7.00. The maximum atomic E-state index is 15.5. The monoisotopic (exact) mass is 615 g/mol. The molecule has 2 aromatic rings. The summed E-state index contributed by atoms with van der Waals surface area (Å²) in [5.41, 5.74) is 0.820. The Morgan fingerprint density at radius 2 is 1.78 bits per heavy atom. The molecule has 2 N–H and O–H groups in total. The normalized spacial score (nSPS) is 24.8. The molecule has 3 unspecified atom stereocenters. The second kappa shape index (κ2) is 19.3. The summed E-state index contributed by atoms with van der Waals surface area (Å²) in [7, 11) is 8.10. The predicted octanol–water partition coefficient (Wildman–Crippen LogP) is 7.41. The molecule has 0 saturated heterocycles. The molecule has 5 atom stereocenters. The Kier molecular flexibility index (Phi) is 17.5. The first-order chi connectivity index (χ1) is 19.7. The third kappa shape index (κ3) is 11.4. The topological polar surface area (TPSA) is 66.8 Å². The van der Waals surface area contributed by atoms with Crippen LogP contribution in [0.25, 0.3) is 0 Å². The van der Waals surface area contributed by atoms with Gasteiger partial charge < -0.3 is 19.9 Å². The number of halogens is 3. The lowest BCUT2D eigenvalue weighted by Gasteiger charge is -2.35. The number of allylic oxidation sites excluding steroid dienone is 1. The number of hydrogen-bond donors (Lipinski definition) is 2. The van der Waals surface area contributed by atoms with Crippen LogP contribution in [0.3, 0.4) is 0 Å². The van der Waals surface area contributed by atoms with Crippen molar-refractivity contribution in [1.82, 2.24) is 10.3 Å². The van der Waals surface area contributed by atoms with E-state index in [0.29, 0.717) is 29.7 Å². The number of hydrogen-bond acceptors (Lipinski definition) is 7. The van der Waals surface area contributed by atoms with E-state index in [4.69, 9.17) is 26.2 Å². The number of nitrogens with one attached hydrogen (secondary N) is 1. The van der Waals surface area contributed by atoms with E-state index in [1.165, 1.54) is 18.0 Å². The quantitative estimate of drug-likeness (QED) is 0.237. The molecule has 0 spiro atoms. The van der Waals surface area contributed by atoms with E-state index in [0.717, 1.165) is 37.7 Å². The van der Waals surface area contributed by atoms with Crippen LogP contribution in [0.2, 0.25) is 0 Å². The number of aromatic nitrogens is 1. The van der Waals surface area contributed by atoms with Gasteiger partial charge in [-0.3, -0.25) is 4.31 Å². The lowest BCUT2D eigenvalue weighted by Crippen LogP contribution is -2.33. The molecule has 0 aliphatic heterocycles.